The van der Waals surface area contributed by atoms with Crippen LogP contribution in [0.1, 0.15) is 22.8 Å². The maximum Gasteiger partial charge on any atom is 0.0811 e. The van der Waals surface area contributed by atoms with Gasteiger partial charge in [-0.3, -0.25) is 20.0 Å². The van der Waals surface area contributed by atoms with E-state index in [9.17, 15) is 0 Å². The zero-order chi connectivity index (χ0) is 14.2. The number of aliphatic imine (C=N–C) groups is 2. The molecule has 0 aliphatic carbocycles. The van der Waals surface area contributed by atoms with Gasteiger partial charge in [-0.2, -0.15) is 0 Å². The second-order valence-corrected chi connectivity index (χ2v) is 4.48. The number of nitrogens with zero attached hydrogens (tertiary/aromatic N) is 4. The van der Waals surface area contributed by atoms with Gasteiger partial charge in [0.1, 0.15) is 0 Å². The molecule has 20 heavy (non-hydrogen) atoms. The van der Waals surface area contributed by atoms with Crippen molar-refractivity contribution in [2.24, 2.45) is 9.98 Å². The van der Waals surface area contributed by atoms with Gasteiger partial charge in [0, 0.05) is 23.8 Å². The van der Waals surface area contributed by atoms with Crippen LogP contribution in [0.5, 0.6) is 0 Å². The number of hydrogen-bond acceptors (Lipinski definition) is 4. The van der Waals surface area contributed by atoms with Crippen molar-refractivity contribution in [3.63, 3.8) is 0 Å². The predicted molar refractivity (Wildman–Crippen MR) is 82.9 cm³/mol. The smallest absolute Gasteiger partial charge is 0.0811 e. The predicted octanol–water partition coefficient (Wildman–Crippen LogP) is 2.63. The average molecular weight is 266 g/mol. The number of aryl methyl sites for hydroxylation is 2. The summed E-state index contributed by atoms with van der Waals surface area (Å²) in [5, 5.41) is 0. The molecule has 0 aliphatic rings. The molecular formula is C16H18N4. The first kappa shape index (κ1) is 14.1. The number of hydrogen-bond donors (Lipinski definition) is 0. The van der Waals surface area contributed by atoms with E-state index in [0.29, 0.717) is 13.1 Å². The average Bonchev–Trinajstić information content (AvgIpc) is 2.43. The topological polar surface area (TPSA) is 50.5 Å². The standard InChI is InChI=1S/C16H18N4/c1-13-5-3-7-15(19-13)11-17-9-10-18-12-16-8-4-6-14(2)20-16/h3-8,11-12H,9-10H2,1-2H3. The Morgan fingerprint density at radius 2 is 1.25 bits per heavy atom. The molecular weight excluding hydrogens is 248 g/mol. The summed E-state index contributed by atoms with van der Waals surface area (Å²) in [6.45, 7) is 5.24. The monoisotopic (exact) mass is 266 g/mol. The number of rotatable bonds is 5. The largest absolute Gasteiger partial charge is 0.289 e. The molecule has 2 heterocycles. The Balaban J connectivity index is 1.79. The van der Waals surface area contributed by atoms with E-state index in [1.165, 1.54) is 0 Å². The first-order valence-electron chi connectivity index (χ1n) is 6.61. The Kier molecular flexibility index (Phi) is 5.12. The molecule has 0 aliphatic heterocycles. The summed E-state index contributed by atoms with van der Waals surface area (Å²) in [7, 11) is 0. The van der Waals surface area contributed by atoms with Crippen LogP contribution in [-0.2, 0) is 0 Å². The van der Waals surface area contributed by atoms with Crippen molar-refractivity contribution >= 4 is 12.4 Å². The minimum absolute atomic E-state index is 0.651. The second kappa shape index (κ2) is 7.28. The minimum atomic E-state index is 0.651. The molecule has 0 saturated heterocycles. The third-order valence-electron chi connectivity index (χ3n) is 2.63. The normalized spacial score (nSPS) is 11.5. The van der Waals surface area contributed by atoms with Crippen LogP contribution in [0.3, 0.4) is 0 Å². The van der Waals surface area contributed by atoms with Crippen LogP contribution >= 0.6 is 0 Å². The Hall–Kier alpha value is -2.36. The third-order valence-corrected chi connectivity index (χ3v) is 2.63. The van der Waals surface area contributed by atoms with E-state index in [0.717, 1.165) is 22.8 Å². The Labute approximate surface area is 119 Å². The van der Waals surface area contributed by atoms with Crippen LogP contribution < -0.4 is 0 Å². The molecule has 0 amide bonds. The van der Waals surface area contributed by atoms with Crippen LogP contribution in [0.4, 0.5) is 0 Å². The second-order valence-electron chi connectivity index (χ2n) is 4.48. The van der Waals surface area contributed by atoms with Crippen molar-refractivity contribution in [2.75, 3.05) is 13.1 Å². The maximum atomic E-state index is 4.35. The maximum absolute atomic E-state index is 4.35. The SMILES string of the molecule is Cc1cccc(C=NCCN=Cc2cccc(C)n2)n1. The molecule has 0 radical (unpaired) electrons. The van der Waals surface area contributed by atoms with E-state index >= 15 is 0 Å². The molecule has 2 aromatic rings. The molecule has 0 fully saturated rings. The van der Waals surface area contributed by atoms with Gasteiger partial charge in [0.05, 0.1) is 24.5 Å². The van der Waals surface area contributed by atoms with Gasteiger partial charge in [-0.15, -0.1) is 0 Å². The van der Waals surface area contributed by atoms with Crippen LogP contribution in [-0.4, -0.2) is 35.5 Å². The highest BCUT2D eigenvalue weighted by Gasteiger charge is 1.90. The van der Waals surface area contributed by atoms with Crippen molar-refractivity contribution in [1.82, 2.24) is 9.97 Å². The lowest BCUT2D eigenvalue weighted by Gasteiger charge is -1.95. The van der Waals surface area contributed by atoms with Gasteiger partial charge in [0.15, 0.2) is 0 Å². The van der Waals surface area contributed by atoms with E-state index in [1.54, 1.807) is 12.4 Å². The first-order valence-corrected chi connectivity index (χ1v) is 6.61. The number of pyridine rings is 2. The fourth-order valence-electron chi connectivity index (χ4n) is 1.70. The summed E-state index contributed by atoms with van der Waals surface area (Å²) < 4.78 is 0. The highest BCUT2D eigenvalue weighted by Crippen LogP contribution is 1.96. The summed E-state index contributed by atoms with van der Waals surface area (Å²) in [6, 6.07) is 11.8. The third kappa shape index (κ3) is 4.72. The van der Waals surface area contributed by atoms with E-state index in [-0.39, 0.29) is 0 Å². The van der Waals surface area contributed by atoms with Gasteiger partial charge < -0.3 is 0 Å². The highest BCUT2D eigenvalue weighted by molar-refractivity contribution is 5.77. The van der Waals surface area contributed by atoms with Gasteiger partial charge in [-0.05, 0) is 38.1 Å². The molecule has 0 N–H and O–H groups in total. The van der Waals surface area contributed by atoms with Crippen LogP contribution in [0.15, 0.2) is 46.4 Å². The molecule has 4 nitrogen and oxygen atoms in total. The van der Waals surface area contributed by atoms with Crippen molar-refractivity contribution in [2.45, 2.75) is 13.8 Å². The lowest BCUT2D eigenvalue weighted by Crippen LogP contribution is -1.94. The molecule has 4 heteroatoms. The molecule has 2 rings (SSSR count). The summed E-state index contributed by atoms with van der Waals surface area (Å²) in [4.78, 5) is 17.3. The van der Waals surface area contributed by atoms with Gasteiger partial charge >= 0.3 is 0 Å². The van der Waals surface area contributed by atoms with Crippen LogP contribution in [0, 0.1) is 13.8 Å². The van der Waals surface area contributed by atoms with Crippen molar-refractivity contribution in [1.29, 1.82) is 0 Å². The fraction of sp³-hybridized carbons (Fsp3) is 0.250. The summed E-state index contributed by atoms with van der Waals surface area (Å²) >= 11 is 0. The highest BCUT2D eigenvalue weighted by atomic mass is 14.8. The zero-order valence-electron chi connectivity index (χ0n) is 11.8. The molecule has 0 atom stereocenters. The molecule has 102 valence electrons. The quantitative estimate of drug-likeness (QED) is 0.617. The van der Waals surface area contributed by atoms with Gasteiger partial charge in [-0.25, -0.2) is 0 Å². The van der Waals surface area contributed by atoms with Crippen LogP contribution in [0.2, 0.25) is 0 Å². The van der Waals surface area contributed by atoms with Gasteiger partial charge in [-0.1, -0.05) is 12.1 Å². The summed E-state index contributed by atoms with van der Waals surface area (Å²) in [5.74, 6) is 0. The minimum Gasteiger partial charge on any atom is -0.289 e. The Morgan fingerprint density at radius 3 is 1.65 bits per heavy atom. The molecule has 0 aromatic carbocycles. The van der Waals surface area contributed by atoms with Crippen molar-refractivity contribution in [3.05, 3.63) is 59.2 Å². The molecule has 0 unspecified atom stereocenters. The Morgan fingerprint density at radius 1 is 0.800 bits per heavy atom. The van der Waals surface area contributed by atoms with E-state index < -0.39 is 0 Å². The van der Waals surface area contributed by atoms with E-state index in [1.807, 2.05) is 50.2 Å². The van der Waals surface area contributed by atoms with Gasteiger partial charge in [0.2, 0.25) is 0 Å². The molecule has 0 bridgehead atoms. The summed E-state index contributed by atoms with van der Waals surface area (Å²) in [5.41, 5.74) is 3.76. The first-order chi connectivity index (χ1) is 9.74. The molecule has 0 spiro atoms. The number of aromatic nitrogens is 2. The Bertz CT molecular complexity index is 562. The fourth-order valence-corrected chi connectivity index (χ4v) is 1.70. The summed E-state index contributed by atoms with van der Waals surface area (Å²) in [6.07, 6.45) is 3.57. The molecule has 0 saturated carbocycles. The van der Waals surface area contributed by atoms with E-state index in [2.05, 4.69) is 20.0 Å². The van der Waals surface area contributed by atoms with Crippen molar-refractivity contribution in [3.8, 4) is 0 Å². The van der Waals surface area contributed by atoms with Crippen LogP contribution in [0.25, 0.3) is 0 Å². The lowest BCUT2D eigenvalue weighted by atomic mass is 10.3. The lowest BCUT2D eigenvalue weighted by molar-refractivity contribution is 0.981. The zero-order valence-corrected chi connectivity index (χ0v) is 11.8. The van der Waals surface area contributed by atoms with Gasteiger partial charge in [0.25, 0.3) is 0 Å². The van der Waals surface area contributed by atoms with E-state index in [4.69, 9.17) is 0 Å². The van der Waals surface area contributed by atoms with Crippen molar-refractivity contribution < 1.29 is 0 Å². The molecule has 2 aromatic heterocycles.